The summed E-state index contributed by atoms with van der Waals surface area (Å²) in [6.45, 7) is 9.59. The first-order chi connectivity index (χ1) is 12.5. The summed E-state index contributed by atoms with van der Waals surface area (Å²) >= 11 is 3.24. The summed E-state index contributed by atoms with van der Waals surface area (Å²) in [6, 6.07) is 0. The lowest BCUT2D eigenvalue weighted by Crippen LogP contribution is -2.46. The minimum Gasteiger partial charge on any atom is -0.464 e. The van der Waals surface area contributed by atoms with Crippen LogP contribution in [0.5, 0.6) is 0 Å². The van der Waals surface area contributed by atoms with Crippen molar-refractivity contribution in [3.63, 3.8) is 0 Å². The van der Waals surface area contributed by atoms with Crippen LogP contribution in [0.1, 0.15) is 51.0 Å². The molecule has 2 rings (SSSR count). The normalized spacial score (nSPS) is 16.6. The minimum absolute atomic E-state index is 0.0539. The highest BCUT2D eigenvalue weighted by Gasteiger charge is 2.33. The second-order valence-electron chi connectivity index (χ2n) is 8.01. The molecule has 0 bridgehead atoms. The molecule has 0 unspecified atom stereocenters. The van der Waals surface area contributed by atoms with Crippen molar-refractivity contribution in [1.29, 1.82) is 0 Å². The number of carbonyl (C=O) groups excluding carboxylic acids is 2. The molecule has 9 heteroatoms. The fourth-order valence-corrected chi connectivity index (χ4v) is 3.14. The van der Waals surface area contributed by atoms with Crippen molar-refractivity contribution < 1.29 is 19.1 Å². The van der Waals surface area contributed by atoms with Gasteiger partial charge in [-0.15, -0.1) is 0 Å². The number of hydrogen-bond donors (Lipinski definition) is 1. The number of methoxy groups -OCH3 is 1. The summed E-state index contributed by atoms with van der Waals surface area (Å²) in [5, 5.41) is 2.86. The van der Waals surface area contributed by atoms with Gasteiger partial charge in [0.05, 0.1) is 13.3 Å². The highest BCUT2D eigenvalue weighted by molar-refractivity contribution is 9.10. The smallest absolute Gasteiger partial charge is 0.407 e. The van der Waals surface area contributed by atoms with Crippen molar-refractivity contribution >= 4 is 33.8 Å². The van der Waals surface area contributed by atoms with E-state index in [0.29, 0.717) is 30.1 Å². The number of hydrogen-bond acceptors (Lipinski definition) is 7. The number of rotatable bonds is 4. The number of halogens is 1. The number of carbonyl (C=O) groups is 2. The van der Waals surface area contributed by atoms with Crippen LogP contribution < -0.4 is 10.2 Å². The molecule has 1 amide bonds. The molecule has 1 saturated heterocycles. The Balaban J connectivity index is 1.99. The molecule has 0 atom stereocenters. The molecule has 0 radical (unpaired) electrons. The number of esters is 1. The van der Waals surface area contributed by atoms with Crippen molar-refractivity contribution in [2.24, 2.45) is 5.41 Å². The van der Waals surface area contributed by atoms with E-state index in [2.05, 4.69) is 38.1 Å². The van der Waals surface area contributed by atoms with Gasteiger partial charge in [0.15, 0.2) is 11.5 Å². The van der Waals surface area contributed by atoms with Crippen LogP contribution in [0, 0.1) is 5.41 Å². The van der Waals surface area contributed by atoms with Crippen LogP contribution >= 0.6 is 15.9 Å². The van der Waals surface area contributed by atoms with E-state index >= 15 is 0 Å². The topological polar surface area (TPSA) is 93.6 Å². The molecule has 1 aromatic heterocycles. The quantitative estimate of drug-likeness (QED) is 0.715. The van der Waals surface area contributed by atoms with Gasteiger partial charge in [-0.25, -0.2) is 19.6 Å². The SMILES string of the molecule is COC(=O)c1nc(Br)cnc1N1CCC(C)(CNC(=O)OC(C)(C)C)CC1. The average molecular weight is 443 g/mol. The first-order valence-electron chi connectivity index (χ1n) is 8.86. The fourth-order valence-electron chi connectivity index (χ4n) is 2.86. The number of ether oxygens (including phenoxy) is 2. The van der Waals surface area contributed by atoms with Gasteiger partial charge >= 0.3 is 12.1 Å². The van der Waals surface area contributed by atoms with E-state index in [1.54, 1.807) is 6.20 Å². The average Bonchev–Trinajstić information content (AvgIpc) is 2.59. The molecule has 1 aliphatic rings. The lowest BCUT2D eigenvalue weighted by molar-refractivity contribution is 0.0493. The fraction of sp³-hybridized carbons (Fsp3) is 0.667. The summed E-state index contributed by atoms with van der Waals surface area (Å²) < 4.78 is 10.6. The third kappa shape index (κ3) is 6.05. The van der Waals surface area contributed by atoms with E-state index in [0.717, 1.165) is 12.8 Å². The second kappa shape index (κ2) is 8.41. The van der Waals surface area contributed by atoms with Gasteiger partial charge in [-0.3, -0.25) is 0 Å². The maximum Gasteiger partial charge on any atom is 0.407 e. The zero-order chi connectivity index (χ0) is 20.2. The van der Waals surface area contributed by atoms with Crippen molar-refractivity contribution in [2.75, 3.05) is 31.6 Å². The molecular formula is C18H27BrN4O4. The Kier molecular flexibility index (Phi) is 6.67. The summed E-state index contributed by atoms with van der Waals surface area (Å²) in [5.41, 5.74) is -0.372. The standard InChI is InChI=1S/C18H27BrN4O4/c1-17(2,3)27-16(25)21-11-18(4)6-8-23(9-7-18)14-13(15(24)26-5)22-12(19)10-20-14/h10H,6-9,11H2,1-5H3,(H,21,25). The first-order valence-corrected chi connectivity index (χ1v) is 9.65. The lowest BCUT2D eigenvalue weighted by atomic mass is 9.80. The van der Waals surface area contributed by atoms with Crippen LogP contribution in [0.3, 0.4) is 0 Å². The summed E-state index contributed by atoms with van der Waals surface area (Å²) in [6.07, 6.45) is 2.83. The molecule has 150 valence electrons. The van der Waals surface area contributed by atoms with Crippen molar-refractivity contribution in [3.05, 3.63) is 16.5 Å². The van der Waals surface area contributed by atoms with Crippen molar-refractivity contribution in [1.82, 2.24) is 15.3 Å². The molecular weight excluding hydrogens is 416 g/mol. The van der Waals surface area contributed by atoms with E-state index in [9.17, 15) is 9.59 Å². The Bertz CT molecular complexity index is 697. The van der Waals surface area contributed by atoms with Gasteiger partial charge in [0.1, 0.15) is 10.2 Å². The maximum absolute atomic E-state index is 12.0. The molecule has 0 aromatic carbocycles. The Morgan fingerprint density at radius 1 is 1.33 bits per heavy atom. The minimum atomic E-state index is -0.515. The van der Waals surface area contributed by atoms with Crippen LogP contribution in [0.2, 0.25) is 0 Å². The lowest BCUT2D eigenvalue weighted by Gasteiger charge is -2.40. The summed E-state index contributed by atoms with van der Waals surface area (Å²) in [4.78, 5) is 34.5. The van der Waals surface area contributed by atoms with Gasteiger partial charge in [0.2, 0.25) is 0 Å². The molecule has 2 heterocycles. The number of amides is 1. The van der Waals surface area contributed by atoms with Crippen LogP contribution in [0.4, 0.5) is 10.6 Å². The van der Waals surface area contributed by atoms with Crippen molar-refractivity contribution in [2.45, 2.75) is 46.1 Å². The number of alkyl carbamates (subject to hydrolysis) is 1. The van der Waals surface area contributed by atoms with Crippen molar-refractivity contribution in [3.8, 4) is 0 Å². The van der Waals surface area contributed by atoms with E-state index in [1.165, 1.54) is 7.11 Å². The first kappa shape index (κ1) is 21.4. The molecule has 1 aromatic rings. The third-order valence-corrected chi connectivity index (χ3v) is 4.81. The number of piperidine rings is 1. The molecule has 1 aliphatic heterocycles. The van der Waals surface area contributed by atoms with E-state index in [1.807, 2.05) is 25.7 Å². The predicted molar refractivity (Wildman–Crippen MR) is 105 cm³/mol. The Morgan fingerprint density at radius 2 is 1.96 bits per heavy atom. The zero-order valence-electron chi connectivity index (χ0n) is 16.5. The third-order valence-electron chi connectivity index (χ3n) is 4.43. The monoisotopic (exact) mass is 442 g/mol. The molecule has 0 spiro atoms. The largest absolute Gasteiger partial charge is 0.464 e. The molecule has 27 heavy (non-hydrogen) atoms. The van der Waals surface area contributed by atoms with Gasteiger partial charge in [-0.1, -0.05) is 6.92 Å². The van der Waals surface area contributed by atoms with Crippen LogP contribution in [-0.2, 0) is 9.47 Å². The Labute approximate surface area is 168 Å². The van der Waals surface area contributed by atoms with Gasteiger partial charge < -0.3 is 19.7 Å². The van der Waals surface area contributed by atoms with Crippen LogP contribution in [0.15, 0.2) is 10.8 Å². The molecule has 0 aliphatic carbocycles. The highest BCUT2D eigenvalue weighted by Crippen LogP contribution is 2.33. The number of nitrogens with one attached hydrogen (secondary N) is 1. The van der Waals surface area contributed by atoms with Gasteiger partial charge in [0.25, 0.3) is 0 Å². The van der Waals surface area contributed by atoms with E-state index in [-0.39, 0.29) is 11.1 Å². The Hall–Kier alpha value is -1.90. The van der Waals surface area contributed by atoms with Gasteiger partial charge in [0, 0.05) is 19.6 Å². The predicted octanol–water partition coefficient (Wildman–Crippen LogP) is 3.16. The second-order valence-corrected chi connectivity index (χ2v) is 8.82. The molecule has 0 saturated carbocycles. The summed E-state index contributed by atoms with van der Waals surface area (Å²) in [7, 11) is 1.32. The number of anilines is 1. The highest BCUT2D eigenvalue weighted by atomic mass is 79.9. The van der Waals surface area contributed by atoms with E-state index in [4.69, 9.17) is 9.47 Å². The number of nitrogens with zero attached hydrogens (tertiary/aromatic N) is 3. The molecule has 8 nitrogen and oxygen atoms in total. The van der Waals surface area contributed by atoms with Gasteiger partial charge in [-0.05, 0) is 55.0 Å². The van der Waals surface area contributed by atoms with Gasteiger partial charge in [-0.2, -0.15) is 0 Å². The van der Waals surface area contributed by atoms with Crippen LogP contribution in [-0.4, -0.2) is 54.4 Å². The van der Waals surface area contributed by atoms with E-state index < -0.39 is 17.7 Å². The van der Waals surface area contributed by atoms with Crippen LogP contribution in [0.25, 0.3) is 0 Å². The zero-order valence-corrected chi connectivity index (χ0v) is 18.1. The number of aromatic nitrogens is 2. The Morgan fingerprint density at radius 3 is 2.52 bits per heavy atom. The molecule has 1 N–H and O–H groups in total. The maximum atomic E-state index is 12.0. The molecule has 1 fully saturated rings. The summed E-state index contributed by atoms with van der Waals surface area (Å²) in [5.74, 6) is 0.00549.